The van der Waals surface area contributed by atoms with Crippen LogP contribution in [0.2, 0.25) is 0 Å². The molecule has 7 heteroatoms. The highest BCUT2D eigenvalue weighted by atomic mass is 32.1. The average Bonchev–Trinajstić information content (AvgIpc) is 3.17. The van der Waals surface area contributed by atoms with Crippen molar-refractivity contribution in [3.05, 3.63) is 70.7 Å². The van der Waals surface area contributed by atoms with E-state index in [1.165, 1.54) is 11.3 Å². The van der Waals surface area contributed by atoms with Gasteiger partial charge in [-0.05, 0) is 36.2 Å². The van der Waals surface area contributed by atoms with Crippen molar-refractivity contribution in [1.29, 1.82) is 0 Å². The summed E-state index contributed by atoms with van der Waals surface area (Å²) in [6.45, 7) is 4.49. The largest absolute Gasteiger partial charge is 0.488 e. The van der Waals surface area contributed by atoms with Gasteiger partial charge in [-0.25, -0.2) is 13.8 Å². The van der Waals surface area contributed by atoms with E-state index in [1.54, 1.807) is 17.5 Å². The van der Waals surface area contributed by atoms with Gasteiger partial charge >= 0.3 is 0 Å². The van der Waals surface area contributed by atoms with Gasteiger partial charge in [0.2, 0.25) is 0 Å². The number of halogens is 2. The zero-order valence-electron chi connectivity index (χ0n) is 15.5. The van der Waals surface area contributed by atoms with Crippen LogP contribution in [0.4, 0.5) is 8.78 Å². The SMILES string of the molecule is CC(C)CNC(=O)c1csc(-c2ccccc2OCc2cc(F)ccc2F)n1. The van der Waals surface area contributed by atoms with Gasteiger partial charge in [-0.1, -0.05) is 26.0 Å². The molecule has 1 amide bonds. The van der Waals surface area contributed by atoms with Crippen LogP contribution in [0, 0.1) is 17.6 Å². The van der Waals surface area contributed by atoms with Crippen LogP contribution in [0.15, 0.2) is 47.8 Å². The average molecular weight is 402 g/mol. The lowest BCUT2D eigenvalue weighted by molar-refractivity contribution is 0.0945. The Balaban J connectivity index is 1.77. The highest BCUT2D eigenvalue weighted by molar-refractivity contribution is 7.13. The van der Waals surface area contributed by atoms with Crippen molar-refractivity contribution < 1.29 is 18.3 Å². The summed E-state index contributed by atoms with van der Waals surface area (Å²) in [5, 5.41) is 5.14. The lowest BCUT2D eigenvalue weighted by Gasteiger charge is -2.10. The molecule has 0 aliphatic heterocycles. The van der Waals surface area contributed by atoms with Crippen LogP contribution < -0.4 is 10.1 Å². The maximum absolute atomic E-state index is 13.8. The maximum Gasteiger partial charge on any atom is 0.270 e. The molecule has 2 aromatic carbocycles. The molecule has 0 spiro atoms. The Morgan fingerprint density at radius 3 is 2.79 bits per heavy atom. The molecule has 0 aliphatic rings. The fraction of sp³-hybridized carbons (Fsp3) is 0.238. The van der Waals surface area contributed by atoms with Gasteiger partial charge in [0, 0.05) is 17.5 Å². The molecule has 1 heterocycles. The van der Waals surface area contributed by atoms with E-state index >= 15 is 0 Å². The number of thiazole rings is 1. The number of nitrogens with zero attached hydrogens (tertiary/aromatic N) is 1. The molecule has 3 rings (SSSR count). The fourth-order valence-electron chi connectivity index (χ4n) is 2.47. The van der Waals surface area contributed by atoms with Crippen molar-refractivity contribution in [3.8, 4) is 16.3 Å². The molecule has 0 saturated heterocycles. The first-order chi connectivity index (χ1) is 13.4. The molecule has 0 saturated carbocycles. The van der Waals surface area contributed by atoms with Gasteiger partial charge in [0.05, 0.1) is 5.56 Å². The third-order valence-corrected chi connectivity index (χ3v) is 4.79. The number of amides is 1. The van der Waals surface area contributed by atoms with Gasteiger partial charge in [0.1, 0.15) is 34.7 Å². The topological polar surface area (TPSA) is 51.2 Å². The molecule has 0 bridgehead atoms. The first-order valence-corrected chi connectivity index (χ1v) is 9.72. The summed E-state index contributed by atoms with van der Waals surface area (Å²) in [6.07, 6.45) is 0. The number of ether oxygens (including phenoxy) is 1. The normalized spacial score (nSPS) is 10.9. The Morgan fingerprint density at radius 1 is 1.21 bits per heavy atom. The third kappa shape index (κ3) is 4.92. The van der Waals surface area contributed by atoms with Crippen LogP contribution in [-0.2, 0) is 6.61 Å². The molecule has 0 unspecified atom stereocenters. The molecule has 146 valence electrons. The second-order valence-corrected chi connectivity index (χ2v) is 7.52. The highest BCUT2D eigenvalue weighted by Gasteiger charge is 2.15. The van der Waals surface area contributed by atoms with Crippen LogP contribution in [0.1, 0.15) is 29.9 Å². The summed E-state index contributed by atoms with van der Waals surface area (Å²) in [7, 11) is 0. The number of benzene rings is 2. The van der Waals surface area contributed by atoms with Crippen molar-refractivity contribution >= 4 is 17.2 Å². The molecule has 3 aromatic rings. The fourth-order valence-corrected chi connectivity index (χ4v) is 3.30. The molecule has 4 nitrogen and oxygen atoms in total. The van der Waals surface area contributed by atoms with E-state index in [9.17, 15) is 13.6 Å². The van der Waals surface area contributed by atoms with Crippen molar-refractivity contribution in [1.82, 2.24) is 10.3 Å². The van der Waals surface area contributed by atoms with Crippen molar-refractivity contribution in [2.45, 2.75) is 20.5 Å². The molecule has 0 atom stereocenters. The number of carbonyl (C=O) groups excluding carboxylic acids is 1. The van der Waals surface area contributed by atoms with Gasteiger partial charge < -0.3 is 10.1 Å². The highest BCUT2D eigenvalue weighted by Crippen LogP contribution is 2.32. The summed E-state index contributed by atoms with van der Waals surface area (Å²) in [5.41, 5.74) is 1.15. The van der Waals surface area contributed by atoms with Gasteiger partial charge in [-0.2, -0.15) is 0 Å². The number of hydrogen-bond donors (Lipinski definition) is 1. The Morgan fingerprint density at radius 2 is 2.00 bits per heavy atom. The number of aromatic nitrogens is 1. The van der Waals surface area contributed by atoms with E-state index in [2.05, 4.69) is 10.3 Å². The summed E-state index contributed by atoms with van der Waals surface area (Å²) in [5.74, 6) is -0.451. The first kappa shape index (κ1) is 19.9. The standard InChI is InChI=1S/C21H20F2N2O2S/c1-13(2)10-24-20(26)18-12-28-21(25-18)16-5-3-4-6-19(16)27-11-14-9-15(22)7-8-17(14)23/h3-9,12-13H,10-11H2,1-2H3,(H,24,26). The predicted octanol–water partition coefficient (Wildman–Crippen LogP) is 5.05. The molecule has 28 heavy (non-hydrogen) atoms. The van der Waals surface area contributed by atoms with Gasteiger partial charge in [-0.15, -0.1) is 11.3 Å². The van der Waals surface area contributed by atoms with E-state index in [4.69, 9.17) is 4.74 Å². The monoisotopic (exact) mass is 402 g/mol. The maximum atomic E-state index is 13.8. The minimum absolute atomic E-state index is 0.117. The summed E-state index contributed by atoms with van der Waals surface area (Å²) in [6, 6.07) is 10.4. The Kier molecular flexibility index (Phi) is 6.36. The van der Waals surface area contributed by atoms with Crippen LogP contribution in [0.3, 0.4) is 0 Å². The number of carbonyl (C=O) groups is 1. The Hall–Kier alpha value is -2.80. The van der Waals surface area contributed by atoms with E-state index in [-0.39, 0.29) is 18.1 Å². The second-order valence-electron chi connectivity index (χ2n) is 6.66. The molecule has 1 N–H and O–H groups in total. The quantitative estimate of drug-likeness (QED) is 0.601. The van der Waals surface area contributed by atoms with E-state index in [0.29, 0.717) is 34.5 Å². The molecule has 0 aliphatic carbocycles. The zero-order chi connectivity index (χ0) is 20.1. The summed E-state index contributed by atoms with van der Waals surface area (Å²) in [4.78, 5) is 16.6. The van der Waals surface area contributed by atoms with Crippen molar-refractivity contribution in [2.24, 2.45) is 5.92 Å². The number of rotatable bonds is 7. The first-order valence-electron chi connectivity index (χ1n) is 8.84. The van der Waals surface area contributed by atoms with Crippen LogP contribution >= 0.6 is 11.3 Å². The van der Waals surface area contributed by atoms with Crippen molar-refractivity contribution in [2.75, 3.05) is 6.54 Å². The minimum Gasteiger partial charge on any atom is -0.488 e. The molecular weight excluding hydrogens is 382 g/mol. The molecule has 0 radical (unpaired) electrons. The van der Waals surface area contributed by atoms with E-state index in [0.717, 1.165) is 18.2 Å². The van der Waals surface area contributed by atoms with Crippen LogP contribution in [-0.4, -0.2) is 17.4 Å². The van der Waals surface area contributed by atoms with Crippen molar-refractivity contribution in [3.63, 3.8) is 0 Å². The predicted molar refractivity (Wildman–Crippen MR) is 105 cm³/mol. The molecular formula is C21H20F2N2O2S. The third-order valence-electron chi connectivity index (χ3n) is 3.92. The smallest absolute Gasteiger partial charge is 0.270 e. The second kappa shape index (κ2) is 8.93. The van der Waals surface area contributed by atoms with Gasteiger partial charge in [0.25, 0.3) is 5.91 Å². The zero-order valence-corrected chi connectivity index (χ0v) is 16.4. The molecule has 0 fully saturated rings. The lowest BCUT2D eigenvalue weighted by atomic mass is 10.2. The lowest BCUT2D eigenvalue weighted by Crippen LogP contribution is -2.27. The number of para-hydroxylation sites is 1. The summed E-state index contributed by atoms with van der Waals surface area (Å²) < 4.78 is 32.9. The van der Waals surface area contributed by atoms with Gasteiger partial charge in [0.15, 0.2) is 0 Å². The molecule has 1 aromatic heterocycles. The van der Waals surface area contributed by atoms with E-state index < -0.39 is 11.6 Å². The number of nitrogens with one attached hydrogen (secondary N) is 1. The number of hydrogen-bond acceptors (Lipinski definition) is 4. The summed E-state index contributed by atoms with van der Waals surface area (Å²) >= 11 is 1.32. The van der Waals surface area contributed by atoms with E-state index in [1.807, 2.05) is 26.0 Å². The van der Waals surface area contributed by atoms with Crippen LogP contribution in [0.5, 0.6) is 5.75 Å². The van der Waals surface area contributed by atoms with Gasteiger partial charge in [-0.3, -0.25) is 4.79 Å². The minimum atomic E-state index is -0.530. The Labute approximate surface area is 166 Å². The Bertz CT molecular complexity index is 973. The van der Waals surface area contributed by atoms with Crippen LogP contribution in [0.25, 0.3) is 10.6 Å².